The van der Waals surface area contributed by atoms with Gasteiger partial charge in [0.15, 0.2) is 0 Å². The number of halogens is 5. The van der Waals surface area contributed by atoms with Crippen LogP contribution in [0.15, 0.2) is 203 Å². The lowest BCUT2D eigenvalue weighted by Crippen LogP contribution is -2.37. The number of esters is 2. The highest BCUT2D eigenvalue weighted by Crippen LogP contribution is 2.37. The molecule has 0 aliphatic heterocycles. The fourth-order valence-electron chi connectivity index (χ4n) is 11.6. The van der Waals surface area contributed by atoms with Crippen molar-refractivity contribution in [3.63, 3.8) is 0 Å². The molecule has 12 aromatic rings. The molecule has 0 spiro atoms. The van der Waals surface area contributed by atoms with Crippen molar-refractivity contribution in [2.75, 3.05) is 6.61 Å². The van der Waals surface area contributed by atoms with E-state index in [9.17, 15) is 33.7 Å². The van der Waals surface area contributed by atoms with E-state index in [2.05, 4.69) is 121 Å². The first-order valence-corrected chi connectivity index (χ1v) is 49.4. The molecule has 3 N–H and O–H groups in total. The Hall–Kier alpha value is -9.29. The van der Waals surface area contributed by atoms with E-state index in [1.54, 1.807) is 26.8 Å². The molecule has 0 aliphatic rings. The van der Waals surface area contributed by atoms with E-state index < -0.39 is 47.4 Å². The number of carbonyl (C=O) groups is 4. The van der Waals surface area contributed by atoms with Crippen LogP contribution < -0.4 is 10.4 Å². The number of carboxylic acids is 2. The first-order valence-electron chi connectivity index (χ1n) is 36.8. The Kier molecular flexibility index (Phi) is 34.6. The van der Waals surface area contributed by atoms with Crippen molar-refractivity contribution in [2.24, 2.45) is 0 Å². The van der Waals surface area contributed by atoms with Gasteiger partial charge in [0.25, 0.3) is 0 Å². The van der Waals surface area contributed by atoms with Gasteiger partial charge in [0.2, 0.25) is 0 Å². The summed E-state index contributed by atoms with van der Waals surface area (Å²) in [6.45, 7) is 45.5. The third kappa shape index (κ3) is 26.7. The number of pyridine rings is 4. The molecule has 4 heterocycles. The first kappa shape index (κ1) is 93.3. The number of nitrogens with zero attached hydrogens (tertiary/aromatic N) is 4. The summed E-state index contributed by atoms with van der Waals surface area (Å²) >= 11 is 6.87. The number of aromatic carboxylic acids is 2. The fraction of sp³-hybridized carbons (Fsp3) is 0.289. The Morgan fingerprint density at radius 2 is 0.616 bits per heavy atom. The van der Waals surface area contributed by atoms with E-state index in [0.29, 0.717) is 63.9 Å². The third-order valence-corrected chi connectivity index (χ3v) is 21.6. The van der Waals surface area contributed by atoms with Gasteiger partial charge in [-0.15, -0.1) is 0 Å². The summed E-state index contributed by atoms with van der Waals surface area (Å²) in [4.78, 5) is 68.9. The molecule has 0 fully saturated rings. The quantitative estimate of drug-likeness (QED) is 0.0817. The molecule has 8 aromatic carbocycles. The maximum Gasteiger partial charge on any atom is 0.354 e. The number of aliphatic hydroxyl groups is 1. The minimum absolute atomic E-state index is 0.250. The fourth-order valence-corrected chi connectivity index (χ4v) is 14.6. The molecule has 589 valence electrons. The van der Waals surface area contributed by atoms with Crippen LogP contribution in [0, 0.1) is 27.7 Å². The van der Waals surface area contributed by atoms with Crippen molar-refractivity contribution < 1.29 is 57.4 Å². The van der Waals surface area contributed by atoms with Crippen molar-refractivity contribution in [1.29, 1.82) is 0 Å². The second kappa shape index (κ2) is 41.5. The van der Waals surface area contributed by atoms with Gasteiger partial charge in [-0.25, -0.2) is 39.1 Å². The molecule has 22 heteroatoms. The predicted octanol–water partition coefficient (Wildman–Crippen LogP) is 24.6. The van der Waals surface area contributed by atoms with Gasteiger partial charge < -0.3 is 29.1 Å². The highest BCUT2D eigenvalue weighted by atomic mass is 79.9. The molecular weight excluding hydrogens is 1590 g/mol. The number of hydrogen-bond donors (Lipinski definition) is 3. The molecule has 4 aromatic heterocycles. The normalized spacial score (nSPS) is 11.1. The van der Waals surface area contributed by atoms with E-state index in [1.807, 2.05) is 232 Å². The number of aliphatic hydroxyl groups excluding tert-OH is 1. The van der Waals surface area contributed by atoms with Crippen LogP contribution in [0.2, 0.25) is 71.8 Å². The molecule has 12 rings (SSSR count). The summed E-state index contributed by atoms with van der Waals surface area (Å²) in [5.41, 5.74) is 13.8. The number of fused-ring (bicyclic) bond motifs is 4. The van der Waals surface area contributed by atoms with Gasteiger partial charge in [-0.2, -0.15) is 0 Å². The second-order valence-corrected chi connectivity index (χ2v) is 50.1. The Morgan fingerprint density at radius 3 is 0.839 bits per heavy atom. The third-order valence-electron chi connectivity index (χ3n) is 16.5. The number of carbonyl (C=O) groups excluding carboxylic acids is 2. The van der Waals surface area contributed by atoms with Crippen LogP contribution in [0.25, 0.3) is 88.6 Å². The molecule has 1 radical (unpaired) electrons. The molecule has 0 amide bonds. The van der Waals surface area contributed by atoms with Crippen LogP contribution in [0.5, 0.6) is 0 Å². The molecule has 13 nitrogen and oxygen atoms in total. The first-order chi connectivity index (χ1) is 52.4. The summed E-state index contributed by atoms with van der Waals surface area (Å²) < 4.78 is 39.8. The van der Waals surface area contributed by atoms with E-state index in [1.165, 1.54) is 10.4 Å². The summed E-state index contributed by atoms with van der Waals surface area (Å²) in [7, 11) is -3.04. The number of benzene rings is 8. The average Bonchev–Trinajstić information content (AvgIpc) is 0.750. The molecular formula is C90H105BBr2F3N4O9Si3. The molecule has 0 saturated heterocycles. The van der Waals surface area contributed by atoms with Crippen molar-refractivity contribution in [3.8, 4) is 45.0 Å². The Balaban J connectivity index is 0.000000253. The van der Waals surface area contributed by atoms with E-state index in [0.717, 1.165) is 92.1 Å². The number of carboxylic acid groups (broad SMARTS) is 2. The van der Waals surface area contributed by atoms with Crippen molar-refractivity contribution >= 4 is 142 Å². The molecule has 0 bridgehead atoms. The van der Waals surface area contributed by atoms with Crippen molar-refractivity contribution in [2.45, 2.75) is 166 Å². The van der Waals surface area contributed by atoms with Crippen LogP contribution in [-0.2, 0) is 9.47 Å². The van der Waals surface area contributed by atoms with Gasteiger partial charge in [-0.1, -0.05) is 260 Å². The molecule has 0 unspecified atom stereocenters. The molecule has 112 heavy (non-hydrogen) atoms. The minimum atomic E-state index is -1.53. The zero-order valence-electron chi connectivity index (χ0n) is 68.4. The maximum atomic E-state index is 13.2. The smallest absolute Gasteiger partial charge is 0.354 e. The second-order valence-electron chi connectivity index (χ2n) is 32.1. The molecule has 0 atom stereocenters. The van der Waals surface area contributed by atoms with Gasteiger partial charge in [-0.05, 0) is 153 Å². The number of ether oxygens (including phenoxy) is 2. The SMILES string of the molecule is CCO.CC[B]F.C[Si](C)(C)C.Cc1c(-c2ccccc2)nc2ccc(Br)cc2c1C(=O)O.Cc1c(-c2ccccc2)nc2ccc(Br)cc2c1C(=O)OC(C)(C)C.Cc1c(-c2ccccc2)nc2ccc([Si](C)(C)C)cc2c1C(=O)O.Cc1c(-c2ccccc2)nc2ccc([Si](C)(C)C)cc2c1C(=O)OC(C)(C)C.FF. The summed E-state index contributed by atoms with van der Waals surface area (Å²) in [5.74, 6) is -2.45. The standard InChI is InChI=1S/C24H29NO2Si.C21H20BrNO2.C20H21NO2Si.C17H12BrNO2.C4H12Si.C2H5BF.C2H6O.F2/c1-16-21(23(26)27-24(2,3)4)19-15-18(28(5,6)7)13-14-20(19)25-22(16)17-11-9-8-10-12-17;1-13-18(20(24)25-21(2,3)4)16-12-15(22)10-11-17(16)23-19(13)14-8-6-5-7-9-14;1-13-18(20(22)23)16-12-15(24(2,3)4)10-11-17(16)21-19(13)14-8-6-5-7-9-14;1-10-15(17(20)21)13-9-12(18)7-8-14(13)19-16(10)11-5-3-2-4-6-11;1-5(2,3)4;1-2-3-4;1-2-3;1-2/h8-15H,1-7H3;5-12H,1-4H3;5-12H,1-4H3,(H,22,23);2-9H,1H3,(H,20,21);1-4H3;2H2,1H3;3H,2H2,1H3;. The van der Waals surface area contributed by atoms with Gasteiger partial charge in [0.1, 0.15) is 11.2 Å². The lowest BCUT2D eigenvalue weighted by Gasteiger charge is -2.23. The van der Waals surface area contributed by atoms with Crippen LogP contribution in [0.3, 0.4) is 0 Å². The number of rotatable bonds is 11. The van der Waals surface area contributed by atoms with Crippen LogP contribution in [0.1, 0.15) is 119 Å². The van der Waals surface area contributed by atoms with Gasteiger partial charge in [0, 0.05) is 76.6 Å². The van der Waals surface area contributed by atoms with Gasteiger partial charge in [-0.3, -0.25) is 0 Å². The number of hydrogen-bond acceptors (Lipinski definition) is 11. The summed E-state index contributed by atoms with van der Waals surface area (Å²) in [6.07, 6.45) is 0.528. The maximum absolute atomic E-state index is 13.2. The van der Waals surface area contributed by atoms with E-state index in [-0.39, 0.29) is 18.5 Å². The van der Waals surface area contributed by atoms with Gasteiger partial charge >= 0.3 is 31.4 Å². The predicted molar refractivity (Wildman–Crippen MR) is 475 cm³/mol. The summed E-state index contributed by atoms with van der Waals surface area (Å²) in [6, 6.07) is 63.0. The lowest BCUT2D eigenvalue weighted by atomic mass is 9.97. The topological polar surface area (TPSA) is 199 Å². The Morgan fingerprint density at radius 1 is 0.402 bits per heavy atom. The highest BCUT2D eigenvalue weighted by molar-refractivity contribution is 9.10. The summed E-state index contributed by atoms with van der Waals surface area (Å²) in [5, 5.41) is 32.6. The zero-order valence-corrected chi connectivity index (χ0v) is 74.6. The van der Waals surface area contributed by atoms with Crippen LogP contribution in [0.4, 0.5) is 13.5 Å². The van der Waals surface area contributed by atoms with Crippen LogP contribution >= 0.6 is 31.9 Å². The number of aromatic nitrogens is 4. The van der Waals surface area contributed by atoms with E-state index >= 15 is 0 Å². The molecule has 0 aliphatic carbocycles. The largest absolute Gasteiger partial charge is 0.478 e. The lowest BCUT2D eigenvalue weighted by molar-refractivity contribution is 0.00583. The van der Waals surface area contributed by atoms with Crippen molar-refractivity contribution in [1.82, 2.24) is 19.9 Å². The zero-order chi connectivity index (χ0) is 84.0. The molecule has 0 saturated carbocycles. The van der Waals surface area contributed by atoms with E-state index in [4.69, 9.17) is 38.7 Å². The highest BCUT2D eigenvalue weighted by Gasteiger charge is 2.29. The Bertz CT molecular complexity index is 5210. The van der Waals surface area contributed by atoms with Gasteiger partial charge in [0.05, 0.1) is 83.2 Å². The Labute approximate surface area is 679 Å². The monoisotopic (exact) mass is 1700 g/mol. The minimum Gasteiger partial charge on any atom is -0.478 e. The van der Waals surface area contributed by atoms with Crippen LogP contribution in [-0.4, -0.2) is 109 Å². The van der Waals surface area contributed by atoms with Crippen molar-refractivity contribution in [3.05, 3.63) is 248 Å². The average molecular weight is 1700 g/mol.